The zero-order valence-electron chi connectivity index (χ0n) is 11.0. The molecule has 19 heavy (non-hydrogen) atoms. The van der Waals surface area contributed by atoms with Gasteiger partial charge in [0, 0.05) is 25.1 Å². The lowest BCUT2D eigenvalue weighted by molar-refractivity contribution is -0.129. The van der Waals surface area contributed by atoms with E-state index in [0.717, 1.165) is 5.56 Å². The molecule has 5 heteroatoms. The number of amides is 1. The number of nitrogens with zero attached hydrogens (tertiary/aromatic N) is 1. The van der Waals surface area contributed by atoms with Gasteiger partial charge in [0.15, 0.2) is 5.12 Å². The molecule has 0 saturated carbocycles. The fraction of sp³-hybridized carbons (Fsp3) is 0.429. The molecular weight excluding hydrogens is 262 g/mol. The highest BCUT2D eigenvalue weighted by Crippen LogP contribution is 2.31. The van der Waals surface area contributed by atoms with Crippen molar-refractivity contribution in [3.05, 3.63) is 29.8 Å². The molecule has 1 saturated heterocycles. The van der Waals surface area contributed by atoms with Crippen LogP contribution in [0, 0.1) is 0 Å². The maximum absolute atomic E-state index is 12.0. The Morgan fingerprint density at radius 2 is 2.05 bits per heavy atom. The van der Waals surface area contributed by atoms with Crippen LogP contribution in [-0.4, -0.2) is 32.8 Å². The molecule has 0 aliphatic carbocycles. The number of carbonyl (C=O) groups is 2. The average molecular weight is 279 g/mol. The van der Waals surface area contributed by atoms with Crippen LogP contribution in [0.5, 0.6) is 5.75 Å². The highest BCUT2D eigenvalue weighted by molar-refractivity contribution is 8.14. The molecule has 2 atom stereocenters. The molecule has 0 radical (unpaired) electrons. The van der Waals surface area contributed by atoms with Gasteiger partial charge in [-0.15, -0.1) is 0 Å². The van der Waals surface area contributed by atoms with Gasteiger partial charge >= 0.3 is 0 Å². The standard InChI is InChI=1S/C14H17NO3S/c1-9(11-3-5-12(17)6-4-11)15-8-13(7-14(15)18)19-10(2)16/h3-6,9,13,17H,7-8H2,1-2H3. The molecule has 1 aliphatic rings. The normalized spacial score (nSPS) is 20.6. The van der Waals surface area contributed by atoms with Crippen LogP contribution < -0.4 is 0 Å². The fourth-order valence-electron chi connectivity index (χ4n) is 2.32. The van der Waals surface area contributed by atoms with Gasteiger partial charge in [-0.2, -0.15) is 0 Å². The number of carbonyl (C=O) groups excluding carboxylic acids is 2. The average Bonchev–Trinajstić information content (AvgIpc) is 2.69. The molecule has 1 amide bonds. The second-order valence-electron chi connectivity index (χ2n) is 4.75. The lowest BCUT2D eigenvalue weighted by Gasteiger charge is -2.25. The van der Waals surface area contributed by atoms with Crippen molar-refractivity contribution in [3.63, 3.8) is 0 Å². The predicted molar refractivity (Wildman–Crippen MR) is 74.9 cm³/mol. The number of aromatic hydroxyl groups is 1. The number of benzene rings is 1. The zero-order valence-corrected chi connectivity index (χ0v) is 11.8. The summed E-state index contributed by atoms with van der Waals surface area (Å²) >= 11 is 1.24. The molecule has 1 heterocycles. The van der Waals surface area contributed by atoms with E-state index in [4.69, 9.17) is 0 Å². The number of likely N-dealkylation sites (tertiary alicyclic amines) is 1. The summed E-state index contributed by atoms with van der Waals surface area (Å²) in [7, 11) is 0. The van der Waals surface area contributed by atoms with E-state index in [0.29, 0.717) is 13.0 Å². The monoisotopic (exact) mass is 279 g/mol. The Balaban J connectivity index is 2.07. The Morgan fingerprint density at radius 3 is 2.63 bits per heavy atom. The van der Waals surface area contributed by atoms with E-state index in [1.165, 1.54) is 18.7 Å². The van der Waals surface area contributed by atoms with Crippen molar-refractivity contribution in [2.45, 2.75) is 31.6 Å². The van der Waals surface area contributed by atoms with Crippen molar-refractivity contribution in [2.24, 2.45) is 0 Å². The van der Waals surface area contributed by atoms with Crippen molar-refractivity contribution in [3.8, 4) is 5.75 Å². The van der Waals surface area contributed by atoms with Crippen LogP contribution in [0.3, 0.4) is 0 Å². The minimum absolute atomic E-state index is 0.0364. The summed E-state index contributed by atoms with van der Waals surface area (Å²) in [4.78, 5) is 24.9. The van der Waals surface area contributed by atoms with E-state index in [1.54, 1.807) is 17.0 Å². The second-order valence-corrected chi connectivity index (χ2v) is 6.23. The van der Waals surface area contributed by atoms with E-state index in [1.807, 2.05) is 19.1 Å². The maximum Gasteiger partial charge on any atom is 0.224 e. The van der Waals surface area contributed by atoms with Gasteiger partial charge in [0.1, 0.15) is 5.75 Å². The largest absolute Gasteiger partial charge is 0.508 e. The Bertz CT molecular complexity index is 486. The first-order chi connectivity index (χ1) is 8.97. The molecule has 1 aromatic carbocycles. The summed E-state index contributed by atoms with van der Waals surface area (Å²) in [5.41, 5.74) is 0.986. The third-order valence-corrected chi connectivity index (χ3v) is 4.28. The van der Waals surface area contributed by atoms with Crippen LogP contribution in [-0.2, 0) is 9.59 Å². The van der Waals surface area contributed by atoms with E-state index < -0.39 is 0 Å². The molecule has 0 spiro atoms. The molecule has 1 fully saturated rings. The third-order valence-electron chi connectivity index (χ3n) is 3.30. The molecule has 0 aromatic heterocycles. The second kappa shape index (κ2) is 5.65. The predicted octanol–water partition coefficient (Wildman–Crippen LogP) is 2.33. The number of hydrogen-bond acceptors (Lipinski definition) is 4. The summed E-state index contributed by atoms with van der Waals surface area (Å²) in [6, 6.07) is 6.84. The molecule has 1 aliphatic heterocycles. The van der Waals surface area contributed by atoms with Crippen LogP contribution in [0.1, 0.15) is 31.9 Å². The van der Waals surface area contributed by atoms with Gasteiger partial charge in [0.2, 0.25) is 5.91 Å². The van der Waals surface area contributed by atoms with Gasteiger partial charge in [0.05, 0.1) is 6.04 Å². The Kier molecular flexibility index (Phi) is 4.14. The maximum atomic E-state index is 12.0. The molecule has 0 bridgehead atoms. The zero-order chi connectivity index (χ0) is 14.0. The molecular formula is C14H17NO3S. The van der Waals surface area contributed by atoms with Gasteiger partial charge in [-0.1, -0.05) is 23.9 Å². The van der Waals surface area contributed by atoms with E-state index in [2.05, 4.69) is 0 Å². The minimum atomic E-state index is -0.0364. The Hall–Kier alpha value is -1.49. The number of hydrogen-bond donors (Lipinski definition) is 1. The van der Waals surface area contributed by atoms with Gasteiger partial charge in [-0.05, 0) is 24.6 Å². The van der Waals surface area contributed by atoms with Crippen molar-refractivity contribution >= 4 is 22.8 Å². The summed E-state index contributed by atoms with van der Waals surface area (Å²) in [5.74, 6) is 0.299. The number of rotatable bonds is 3. The quantitative estimate of drug-likeness (QED) is 0.922. The van der Waals surface area contributed by atoms with E-state index >= 15 is 0 Å². The lowest BCUT2D eigenvalue weighted by Crippen LogP contribution is -2.28. The van der Waals surface area contributed by atoms with Crippen LogP contribution in [0.4, 0.5) is 0 Å². The number of phenols is 1. The fourth-order valence-corrected chi connectivity index (χ4v) is 3.25. The lowest BCUT2D eigenvalue weighted by atomic mass is 10.1. The van der Waals surface area contributed by atoms with Gasteiger partial charge in [-0.25, -0.2) is 0 Å². The minimum Gasteiger partial charge on any atom is -0.508 e. The van der Waals surface area contributed by atoms with Crippen molar-refractivity contribution < 1.29 is 14.7 Å². The summed E-state index contributed by atoms with van der Waals surface area (Å²) in [5, 5.41) is 9.39. The molecule has 1 aromatic rings. The van der Waals surface area contributed by atoms with E-state index in [-0.39, 0.29) is 28.1 Å². The molecule has 1 N–H and O–H groups in total. The topological polar surface area (TPSA) is 57.6 Å². The number of phenolic OH excluding ortho intramolecular Hbond substituents is 1. The first-order valence-corrected chi connectivity index (χ1v) is 7.11. The highest BCUT2D eigenvalue weighted by Gasteiger charge is 2.34. The molecule has 4 nitrogen and oxygen atoms in total. The Morgan fingerprint density at radius 1 is 1.42 bits per heavy atom. The van der Waals surface area contributed by atoms with E-state index in [9.17, 15) is 14.7 Å². The summed E-state index contributed by atoms with van der Waals surface area (Å²) in [6.45, 7) is 4.09. The first kappa shape index (κ1) is 13.9. The van der Waals surface area contributed by atoms with Gasteiger partial charge in [-0.3, -0.25) is 9.59 Å². The molecule has 102 valence electrons. The van der Waals surface area contributed by atoms with Crippen molar-refractivity contribution in [1.82, 2.24) is 4.90 Å². The number of thioether (sulfide) groups is 1. The van der Waals surface area contributed by atoms with Gasteiger partial charge < -0.3 is 10.0 Å². The summed E-state index contributed by atoms with van der Waals surface area (Å²) < 4.78 is 0. The summed E-state index contributed by atoms with van der Waals surface area (Å²) in [6.07, 6.45) is 0.423. The van der Waals surface area contributed by atoms with Crippen molar-refractivity contribution in [2.75, 3.05) is 6.54 Å². The SMILES string of the molecule is CC(=O)SC1CC(=O)N(C(C)c2ccc(O)cc2)C1. The molecule has 2 unspecified atom stereocenters. The van der Waals surface area contributed by atoms with Crippen LogP contribution >= 0.6 is 11.8 Å². The van der Waals surface area contributed by atoms with Crippen LogP contribution in [0.15, 0.2) is 24.3 Å². The van der Waals surface area contributed by atoms with Crippen LogP contribution in [0.25, 0.3) is 0 Å². The van der Waals surface area contributed by atoms with Crippen LogP contribution in [0.2, 0.25) is 0 Å². The molecule has 2 rings (SSSR count). The first-order valence-electron chi connectivity index (χ1n) is 6.23. The Labute approximate surface area is 116 Å². The highest BCUT2D eigenvalue weighted by atomic mass is 32.2. The van der Waals surface area contributed by atoms with Gasteiger partial charge in [0.25, 0.3) is 0 Å². The van der Waals surface area contributed by atoms with Crippen molar-refractivity contribution in [1.29, 1.82) is 0 Å². The third kappa shape index (κ3) is 3.29. The smallest absolute Gasteiger partial charge is 0.224 e.